The molecule has 1 aliphatic rings. The van der Waals surface area contributed by atoms with Crippen LogP contribution in [0.25, 0.3) is 11.0 Å². The average molecular weight is 435 g/mol. The minimum atomic E-state index is -1.01. The molecule has 154 valence electrons. The number of aliphatic hydroxyl groups excluding tert-OH is 1. The van der Waals surface area contributed by atoms with Crippen LogP contribution in [0, 0.1) is 12.7 Å². The van der Waals surface area contributed by atoms with Crippen molar-refractivity contribution >= 4 is 39.1 Å². The van der Waals surface area contributed by atoms with E-state index < -0.39 is 29.3 Å². The van der Waals surface area contributed by atoms with Crippen LogP contribution in [0.1, 0.15) is 27.2 Å². The Morgan fingerprint density at radius 2 is 1.90 bits per heavy atom. The molecule has 1 amide bonds. The Labute approximate surface area is 179 Å². The number of hydrogen-bond donors (Lipinski definition) is 1. The number of aryl methyl sites for hydroxylation is 1. The van der Waals surface area contributed by atoms with Crippen LogP contribution >= 0.6 is 11.3 Å². The van der Waals surface area contributed by atoms with Crippen LogP contribution in [0.4, 0.5) is 9.52 Å². The number of hydrogen-bond acceptors (Lipinski definition) is 7. The SMILES string of the molecule is Cc1nnc(N2C(=O)C(O)=C(C(=O)c3cc4ccccc4o3)[C@@H]2c2ccc(F)cc2)s1. The fourth-order valence-electron chi connectivity index (χ4n) is 3.60. The second kappa shape index (κ2) is 7.13. The van der Waals surface area contributed by atoms with Gasteiger partial charge in [0.15, 0.2) is 11.5 Å². The van der Waals surface area contributed by atoms with Gasteiger partial charge < -0.3 is 9.52 Å². The molecule has 3 heterocycles. The van der Waals surface area contributed by atoms with Crippen LogP contribution in [-0.2, 0) is 4.79 Å². The van der Waals surface area contributed by atoms with Crippen LogP contribution in [0.15, 0.2) is 70.3 Å². The number of ketones is 1. The van der Waals surface area contributed by atoms with Gasteiger partial charge in [-0.05, 0) is 36.8 Å². The Hall–Kier alpha value is -3.85. The van der Waals surface area contributed by atoms with E-state index in [0.29, 0.717) is 21.5 Å². The highest BCUT2D eigenvalue weighted by molar-refractivity contribution is 7.15. The quantitative estimate of drug-likeness (QED) is 0.474. The number of fused-ring (bicyclic) bond motifs is 1. The first-order valence-electron chi connectivity index (χ1n) is 9.29. The number of Topliss-reactive ketones (excluding diaryl/α,β-unsaturated/α-hetero) is 1. The molecule has 0 saturated carbocycles. The Balaban J connectivity index is 1.66. The maximum absolute atomic E-state index is 13.5. The third kappa shape index (κ3) is 3.10. The second-order valence-electron chi connectivity index (χ2n) is 6.97. The molecule has 2 aromatic heterocycles. The number of carbonyl (C=O) groups is 2. The molecule has 7 nitrogen and oxygen atoms in total. The molecule has 1 atom stereocenters. The van der Waals surface area contributed by atoms with Gasteiger partial charge in [0.05, 0.1) is 11.6 Å². The minimum absolute atomic E-state index is 0.0158. The lowest BCUT2D eigenvalue weighted by atomic mass is 9.95. The van der Waals surface area contributed by atoms with Crippen LogP contribution in [0.2, 0.25) is 0 Å². The highest BCUT2D eigenvalue weighted by Crippen LogP contribution is 2.43. The predicted molar refractivity (Wildman–Crippen MR) is 111 cm³/mol. The molecule has 0 bridgehead atoms. The van der Waals surface area contributed by atoms with E-state index in [4.69, 9.17) is 4.42 Å². The highest BCUT2D eigenvalue weighted by Gasteiger charge is 2.46. The summed E-state index contributed by atoms with van der Waals surface area (Å²) in [5.74, 6) is -2.61. The number of benzene rings is 2. The maximum atomic E-state index is 13.5. The van der Waals surface area contributed by atoms with Crippen LogP contribution < -0.4 is 4.90 Å². The summed E-state index contributed by atoms with van der Waals surface area (Å²) in [6.45, 7) is 1.72. The number of para-hydroxylation sites is 1. The minimum Gasteiger partial charge on any atom is -0.503 e. The smallest absolute Gasteiger partial charge is 0.296 e. The molecule has 0 radical (unpaired) electrons. The lowest BCUT2D eigenvalue weighted by Crippen LogP contribution is -2.31. The van der Waals surface area contributed by atoms with Crippen molar-refractivity contribution in [2.45, 2.75) is 13.0 Å². The van der Waals surface area contributed by atoms with Crippen LogP contribution in [0.3, 0.4) is 0 Å². The van der Waals surface area contributed by atoms with Crippen molar-refractivity contribution in [2.24, 2.45) is 0 Å². The molecule has 31 heavy (non-hydrogen) atoms. The number of furan rings is 1. The molecule has 5 rings (SSSR count). The summed E-state index contributed by atoms with van der Waals surface area (Å²) >= 11 is 1.14. The van der Waals surface area contributed by atoms with Crippen molar-refractivity contribution in [3.8, 4) is 0 Å². The van der Waals surface area contributed by atoms with Gasteiger partial charge >= 0.3 is 0 Å². The number of aliphatic hydroxyl groups is 1. The van der Waals surface area contributed by atoms with E-state index in [2.05, 4.69) is 10.2 Å². The van der Waals surface area contributed by atoms with Gasteiger partial charge in [0.1, 0.15) is 16.4 Å². The van der Waals surface area contributed by atoms with Gasteiger partial charge in [0.25, 0.3) is 5.91 Å². The molecule has 0 unspecified atom stereocenters. The summed E-state index contributed by atoms with van der Waals surface area (Å²) in [7, 11) is 0. The molecule has 0 fully saturated rings. The Morgan fingerprint density at radius 3 is 2.58 bits per heavy atom. The monoisotopic (exact) mass is 435 g/mol. The van der Waals surface area contributed by atoms with Crippen molar-refractivity contribution < 1.29 is 23.5 Å². The number of anilines is 1. The third-order valence-corrected chi connectivity index (χ3v) is 5.85. The number of carbonyl (C=O) groups excluding carboxylic acids is 2. The summed E-state index contributed by atoms with van der Waals surface area (Å²) in [5.41, 5.74) is 0.778. The van der Waals surface area contributed by atoms with Gasteiger partial charge in [-0.2, -0.15) is 0 Å². The van der Waals surface area contributed by atoms with Crippen molar-refractivity contribution in [2.75, 3.05) is 4.90 Å². The number of halogens is 1. The van der Waals surface area contributed by atoms with Gasteiger partial charge in [-0.25, -0.2) is 4.39 Å². The van der Waals surface area contributed by atoms with Gasteiger partial charge in [0, 0.05) is 5.39 Å². The molecule has 1 N–H and O–H groups in total. The summed E-state index contributed by atoms with van der Waals surface area (Å²) in [6, 6.07) is 13.0. The molecular formula is C22H14FN3O4S. The summed E-state index contributed by atoms with van der Waals surface area (Å²) in [4.78, 5) is 27.6. The first-order valence-corrected chi connectivity index (χ1v) is 10.1. The van der Waals surface area contributed by atoms with Crippen molar-refractivity contribution in [1.82, 2.24) is 10.2 Å². The number of rotatable bonds is 4. The Morgan fingerprint density at radius 1 is 1.16 bits per heavy atom. The van der Waals surface area contributed by atoms with Gasteiger partial charge in [0.2, 0.25) is 10.9 Å². The molecular weight excluding hydrogens is 421 g/mol. The Kier molecular flexibility index (Phi) is 4.40. The van der Waals surface area contributed by atoms with Crippen molar-refractivity contribution in [3.05, 3.63) is 88.1 Å². The number of aromatic nitrogens is 2. The maximum Gasteiger partial charge on any atom is 0.296 e. The number of nitrogens with zero attached hydrogens (tertiary/aromatic N) is 3. The largest absolute Gasteiger partial charge is 0.503 e. The van der Waals surface area contributed by atoms with E-state index in [-0.39, 0.29) is 16.5 Å². The third-order valence-electron chi connectivity index (χ3n) is 5.01. The Bertz CT molecular complexity index is 1340. The predicted octanol–water partition coefficient (Wildman–Crippen LogP) is 4.51. The van der Waals surface area contributed by atoms with Gasteiger partial charge in [-0.3, -0.25) is 14.5 Å². The van der Waals surface area contributed by atoms with E-state index in [9.17, 15) is 19.1 Å². The molecule has 0 saturated heterocycles. The summed E-state index contributed by atoms with van der Waals surface area (Å²) < 4.78 is 19.2. The van der Waals surface area contributed by atoms with E-state index >= 15 is 0 Å². The lowest BCUT2D eigenvalue weighted by Gasteiger charge is -2.23. The van der Waals surface area contributed by atoms with E-state index in [1.807, 2.05) is 6.07 Å². The average Bonchev–Trinajstić information content (AvgIpc) is 3.45. The van der Waals surface area contributed by atoms with Gasteiger partial charge in [-0.15, -0.1) is 10.2 Å². The van der Waals surface area contributed by atoms with Crippen LogP contribution in [0.5, 0.6) is 0 Å². The first-order chi connectivity index (χ1) is 14.9. The molecule has 0 aliphatic carbocycles. The van der Waals surface area contributed by atoms with Crippen molar-refractivity contribution in [3.63, 3.8) is 0 Å². The van der Waals surface area contributed by atoms with Crippen molar-refractivity contribution in [1.29, 1.82) is 0 Å². The molecule has 1 aliphatic heterocycles. The zero-order valence-electron chi connectivity index (χ0n) is 16.1. The summed E-state index contributed by atoms with van der Waals surface area (Å²) in [5, 5.41) is 20.2. The second-order valence-corrected chi connectivity index (χ2v) is 8.13. The molecule has 2 aromatic carbocycles. The van der Waals surface area contributed by atoms with Crippen LogP contribution in [-0.4, -0.2) is 27.0 Å². The lowest BCUT2D eigenvalue weighted by molar-refractivity contribution is -0.117. The first kappa shape index (κ1) is 19.1. The fourth-order valence-corrected chi connectivity index (χ4v) is 4.32. The van der Waals surface area contributed by atoms with E-state index in [1.165, 1.54) is 29.2 Å². The van der Waals surface area contributed by atoms with E-state index in [1.54, 1.807) is 31.2 Å². The van der Waals surface area contributed by atoms with E-state index in [0.717, 1.165) is 11.3 Å². The fraction of sp³-hybridized carbons (Fsp3) is 0.0909. The number of amides is 1. The molecule has 9 heteroatoms. The zero-order valence-corrected chi connectivity index (χ0v) is 16.9. The summed E-state index contributed by atoms with van der Waals surface area (Å²) in [6.07, 6.45) is 0. The standard InChI is InChI=1S/C22H14FN3O4S/c1-11-24-25-22(31-11)26-18(12-6-8-14(23)9-7-12)17(20(28)21(26)29)19(27)16-10-13-4-2-3-5-15(13)30-16/h2-10,18,28H,1H3/t18-/m0/s1. The highest BCUT2D eigenvalue weighted by atomic mass is 32.1. The topological polar surface area (TPSA) is 96.5 Å². The molecule has 4 aromatic rings. The normalized spacial score (nSPS) is 16.5. The zero-order chi connectivity index (χ0) is 21.7. The van der Waals surface area contributed by atoms with Gasteiger partial charge in [-0.1, -0.05) is 41.7 Å². The molecule has 0 spiro atoms.